The number of hydrogen-bond acceptors (Lipinski definition) is 1. The largest absolute Gasteiger partial charge is 0.389 e. The molecule has 0 fully saturated rings. The van der Waals surface area contributed by atoms with Gasteiger partial charge in [-0.05, 0) is 36.2 Å². The van der Waals surface area contributed by atoms with Gasteiger partial charge in [-0.15, -0.1) is 0 Å². The molecule has 0 aliphatic carbocycles. The standard InChI is InChI=1S/C16H15ClF2O/c1-16(20,9-11-5-7-13(17)8-6-11)10-12-3-2-4-14(18)15(12)19/h2-8,20H,9-10H2,1H3. The van der Waals surface area contributed by atoms with E-state index in [1.807, 2.05) is 0 Å². The molecule has 2 rings (SSSR count). The van der Waals surface area contributed by atoms with Gasteiger partial charge in [0.15, 0.2) is 11.6 Å². The summed E-state index contributed by atoms with van der Waals surface area (Å²) in [6, 6.07) is 11.1. The summed E-state index contributed by atoms with van der Waals surface area (Å²) in [4.78, 5) is 0. The van der Waals surface area contributed by atoms with E-state index in [0.717, 1.165) is 11.6 Å². The highest BCUT2D eigenvalue weighted by Gasteiger charge is 2.24. The lowest BCUT2D eigenvalue weighted by molar-refractivity contribution is 0.0598. The fourth-order valence-electron chi connectivity index (χ4n) is 2.20. The minimum absolute atomic E-state index is 0.0409. The minimum atomic E-state index is -1.16. The Balaban J connectivity index is 2.14. The van der Waals surface area contributed by atoms with Crippen molar-refractivity contribution in [2.24, 2.45) is 0 Å². The van der Waals surface area contributed by atoms with E-state index in [-0.39, 0.29) is 12.0 Å². The van der Waals surface area contributed by atoms with Crippen LogP contribution < -0.4 is 0 Å². The number of hydrogen-bond donors (Lipinski definition) is 1. The molecule has 0 spiro atoms. The van der Waals surface area contributed by atoms with Crippen molar-refractivity contribution >= 4 is 11.6 Å². The zero-order chi connectivity index (χ0) is 14.8. The van der Waals surface area contributed by atoms with E-state index in [0.29, 0.717) is 11.4 Å². The molecule has 0 saturated heterocycles. The zero-order valence-corrected chi connectivity index (χ0v) is 11.8. The summed E-state index contributed by atoms with van der Waals surface area (Å²) in [6.07, 6.45) is 0.374. The van der Waals surface area contributed by atoms with E-state index >= 15 is 0 Å². The summed E-state index contributed by atoms with van der Waals surface area (Å²) in [5.74, 6) is -1.80. The molecule has 1 atom stereocenters. The van der Waals surface area contributed by atoms with Gasteiger partial charge in [-0.2, -0.15) is 0 Å². The van der Waals surface area contributed by atoms with Crippen molar-refractivity contribution in [2.45, 2.75) is 25.4 Å². The fraction of sp³-hybridized carbons (Fsp3) is 0.250. The number of rotatable bonds is 4. The van der Waals surface area contributed by atoms with Gasteiger partial charge in [-0.1, -0.05) is 35.9 Å². The van der Waals surface area contributed by atoms with Gasteiger partial charge >= 0.3 is 0 Å². The fourth-order valence-corrected chi connectivity index (χ4v) is 2.33. The normalized spacial score (nSPS) is 14.1. The summed E-state index contributed by atoms with van der Waals surface area (Å²) in [6.45, 7) is 1.60. The van der Waals surface area contributed by atoms with Crippen molar-refractivity contribution in [1.82, 2.24) is 0 Å². The Morgan fingerprint density at radius 3 is 2.35 bits per heavy atom. The molecule has 20 heavy (non-hydrogen) atoms. The first-order valence-corrected chi connectivity index (χ1v) is 6.65. The molecule has 0 bridgehead atoms. The van der Waals surface area contributed by atoms with Crippen LogP contribution in [0, 0.1) is 11.6 Å². The molecule has 0 heterocycles. The first-order valence-electron chi connectivity index (χ1n) is 6.27. The molecule has 1 nitrogen and oxygen atoms in total. The first-order chi connectivity index (χ1) is 9.37. The van der Waals surface area contributed by atoms with E-state index in [2.05, 4.69) is 0 Å². The van der Waals surface area contributed by atoms with Gasteiger partial charge in [0.2, 0.25) is 0 Å². The van der Waals surface area contributed by atoms with Crippen LogP contribution >= 0.6 is 11.6 Å². The molecule has 1 unspecified atom stereocenters. The minimum Gasteiger partial charge on any atom is -0.389 e. The van der Waals surface area contributed by atoms with Crippen LogP contribution in [0.25, 0.3) is 0 Å². The summed E-state index contributed by atoms with van der Waals surface area (Å²) in [7, 11) is 0. The second-order valence-electron chi connectivity index (χ2n) is 5.19. The Bertz CT molecular complexity index is 594. The monoisotopic (exact) mass is 296 g/mol. The lowest BCUT2D eigenvalue weighted by Gasteiger charge is -2.24. The van der Waals surface area contributed by atoms with Crippen molar-refractivity contribution in [3.8, 4) is 0 Å². The maximum absolute atomic E-state index is 13.6. The van der Waals surface area contributed by atoms with Crippen LogP contribution in [0.2, 0.25) is 5.02 Å². The van der Waals surface area contributed by atoms with Crippen molar-refractivity contribution in [3.05, 3.63) is 70.2 Å². The van der Waals surface area contributed by atoms with Gasteiger partial charge in [0.25, 0.3) is 0 Å². The Kier molecular flexibility index (Phi) is 4.41. The molecule has 0 amide bonds. The third-order valence-corrected chi connectivity index (χ3v) is 3.35. The van der Waals surface area contributed by atoms with Crippen LogP contribution in [0.3, 0.4) is 0 Å². The maximum atomic E-state index is 13.6. The first kappa shape index (κ1) is 14.9. The predicted molar refractivity (Wildman–Crippen MR) is 75.8 cm³/mol. The molecule has 0 aromatic heterocycles. The molecule has 106 valence electrons. The van der Waals surface area contributed by atoms with Crippen LogP contribution in [-0.2, 0) is 12.8 Å². The van der Waals surface area contributed by atoms with Crippen LogP contribution in [0.4, 0.5) is 8.78 Å². The zero-order valence-electron chi connectivity index (χ0n) is 11.0. The quantitative estimate of drug-likeness (QED) is 0.898. The van der Waals surface area contributed by atoms with E-state index in [1.54, 1.807) is 31.2 Å². The highest BCUT2D eigenvalue weighted by atomic mass is 35.5. The Labute approximate surface area is 121 Å². The summed E-state index contributed by atoms with van der Waals surface area (Å²) >= 11 is 5.80. The second-order valence-corrected chi connectivity index (χ2v) is 5.63. The van der Waals surface area contributed by atoms with Gasteiger partial charge in [0, 0.05) is 17.9 Å². The van der Waals surface area contributed by atoms with E-state index in [1.165, 1.54) is 12.1 Å². The Morgan fingerprint density at radius 1 is 1.05 bits per heavy atom. The molecule has 0 saturated carbocycles. The number of aliphatic hydroxyl groups is 1. The molecule has 2 aromatic carbocycles. The molecular formula is C16H15ClF2O. The SMILES string of the molecule is CC(O)(Cc1ccc(Cl)cc1)Cc1cccc(F)c1F. The van der Waals surface area contributed by atoms with Crippen LogP contribution in [0.15, 0.2) is 42.5 Å². The van der Waals surface area contributed by atoms with Gasteiger partial charge in [-0.25, -0.2) is 8.78 Å². The molecule has 4 heteroatoms. The number of benzene rings is 2. The maximum Gasteiger partial charge on any atom is 0.162 e. The average molecular weight is 297 g/mol. The van der Waals surface area contributed by atoms with E-state index < -0.39 is 17.2 Å². The Morgan fingerprint density at radius 2 is 1.70 bits per heavy atom. The number of halogens is 3. The van der Waals surface area contributed by atoms with Crippen LogP contribution in [0.1, 0.15) is 18.1 Å². The van der Waals surface area contributed by atoms with Gasteiger partial charge in [0.05, 0.1) is 5.60 Å². The molecule has 2 aromatic rings. The summed E-state index contributed by atoms with van der Waals surface area (Å²) in [5.41, 5.74) is -0.109. The Hall–Kier alpha value is -1.45. The highest BCUT2D eigenvalue weighted by molar-refractivity contribution is 6.30. The predicted octanol–water partition coefficient (Wildman–Crippen LogP) is 4.15. The lowest BCUT2D eigenvalue weighted by atomic mass is 9.89. The van der Waals surface area contributed by atoms with Crippen LogP contribution in [0.5, 0.6) is 0 Å². The van der Waals surface area contributed by atoms with Crippen molar-refractivity contribution < 1.29 is 13.9 Å². The van der Waals surface area contributed by atoms with Crippen LogP contribution in [-0.4, -0.2) is 10.7 Å². The third-order valence-electron chi connectivity index (χ3n) is 3.10. The van der Waals surface area contributed by atoms with Gasteiger partial charge < -0.3 is 5.11 Å². The van der Waals surface area contributed by atoms with Crippen molar-refractivity contribution in [3.63, 3.8) is 0 Å². The smallest absolute Gasteiger partial charge is 0.162 e. The molecule has 1 N–H and O–H groups in total. The molecule has 0 radical (unpaired) electrons. The van der Waals surface area contributed by atoms with E-state index in [9.17, 15) is 13.9 Å². The third kappa shape index (κ3) is 3.78. The summed E-state index contributed by atoms with van der Waals surface area (Å²) < 4.78 is 26.8. The molecule has 0 aliphatic heterocycles. The van der Waals surface area contributed by atoms with Gasteiger partial charge in [-0.3, -0.25) is 0 Å². The lowest BCUT2D eigenvalue weighted by Crippen LogP contribution is -2.30. The van der Waals surface area contributed by atoms with E-state index in [4.69, 9.17) is 11.6 Å². The highest BCUT2D eigenvalue weighted by Crippen LogP contribution is 2.22. The molecule has 0 aliphatic rings. The average Bonchev–Trinajstić information content (AvgIpc) is 2.37. The van der Waals surface area contributed by atoms with Crippen molar-refractivity contribution in [1.29, 1.82) is 0 Å². The summed E-state index contributed by atoms with van der Waals surface area (Å²) in [5, 5.41) is 11.0. The van der Waals surface area contributed by atoms with Crippen molar-refractivity contribution in [2.75, 3.05) is 0 Å². The topological polar surface area (TPSA) is 20.2 Å². The second kappa shape index (κ2) is 5.90. The molecular weight excluding hydrogens is 282 g/mol. The van der Waals surface area contributed by atoms with Gasteiger partial charge in [0.1, 0.15) is 0 Å².